The number of pyridine rings is 1. The van der Waals surface area contributed by atoms with Crippen molar-refractivity contribution >= 4 is 17.5 Å². The van der Waals surface area contributed by atoms with Crippen molar-refractivity contribution in [3.05, 3.63) is 59.9 Å². The van der Waals surface area contributed by atoms with E-state index in [1.807, 2.05) is 13.8 Å². The zero-order valence-corrected chi connectivity index (χ0v) is 18.0. The fourth-order valence-corrected chi connectivity index (χ4v) is 3.04. The van der Waals surface area contributed by atoms with Crippen LogP contribution in [0.4, 0.5) is 43.8 Å². The van der Waals surface area contributed by atoms with Crippen LogP contribution < -0.4 is 10.6 Å². The van der Waals surface area contributed by atoms with E-state index in [0.29, 0.717) is 23.4 Å². The third-order valence-electron chi connectivity index (χ3n) is 4.93. The first-order chi connectivity index (χ1) is 15.9. The van der Waals surface area contributed by atoms with E-state index in [1.165, 1.54) is 18.5 Å². The quantitative estimate of drug-likeness (QED) is 0.370. The van der Waals surface area contributed by atoms with Gasteiger partial charge in [-0.1, -0.05) is 13.8 Å². The second-order valence-corrected chi connectivity index (χ2v) is 7.76. The molecule has 1 aromatic carbocycles. The number of rotatable bonds is 7. The number of benzene rings is 1. The molecule has 6 nitrogen and oxygen atoms in total. The highest BCUT2D eigenvalue weighted by Gasteiger charge is 2.38. The molecule has 34 heavy (non-hydrogen) atoms. The van der Waals surface area contributed by atoms with Crippen molar-refractivity contribution < 1.29 is 31.4 Å². The summed E-state index contributed by atoms with van der Waals surface area (Å²) >= 11 is 0. The fourth-order valence-electron chi connectivity index (χ4n) is 3.04. The number of nitrogens with zero attached hydrogens (tertiary/aromatic N) is 3. The maximum Gasteiger partial charge on any atom is 0.418 e. The van der Waals surface area contributed by atoms with E-state index < -0.39 is 35.2 Å². The lowest BCUT2D eigenvalue weighted by Crippen LogP contribution is -2.30. The number of aromatic nitrogens is 3. The molecule has 0 aliphatic carbocycles. The van der Waals surface area contributed by atoms with Crippen LogP contribution in [-0.4, -0.2) is 32.7 Å². The van der Waals surface area contributed by atoms with Gasteiger partial charge in [0.15, 0.2) is 0 Å². The van der Waals surface area contributed by atoms with Gasteiger partial charge in [0.05, 0.1) is 35.2 Å². The van der Waals surface area contributed by atoms with Gasteiger partial charge in [0.2, 0.25) is 5.95 Å². The lowest BCUT2D eigenvalue weighted by Gasteiger charge is -2.21. The molecule has 3 N–H and O–H groups in total. The zero-order valence-electron chi connectivity index (χ0n) is 18.0. The predicted molar refractivity (Wildman–Crippen MR) is 114 cm³/mol. The highest BCUT2D eigenvalue weighted by Crippen LogP contribution is 2.40. The van der Waals surface area contributed by atoms with Gasteiger partial charge in [-0.3, -0.25) is 4.98 Å². The number of nitrogens with one attached hydrogen (secondary N) is 2. The number of alkyl halides is 6. The largest absolute Gasteiger partial charge is 0.418 e. The van der Waals surface area contributed by atoms with Gasteiger partial charge in [-0.25, -0.2) is 4.98 Å². The molecule has 12 heteroatoms. The van der Waals surface area contributed by atoms with Crippen molar-refractivity contribution in [1.29, 1.82) is 0 Å². The first-order valence-corrected chi connectivity index (χ1v) is 10.1. The molecule has 0 radical (unpaired) electrons. The van der Waals surface area contributed by atoms with Crippen molar-refractivity contribution in [2.75, 3.05) is 17.2 Å². The summed E-state index contributed by atoms with van der Waals surface area (Å²) in [6.45, 7) is 3.44. The Morgan fingerprint density at radius 3 is 2.15 bits per heavy atom. The van der Waals surface area contributed by atoms with E-state index in [9.17, 15) is 31.4 Å². The second kappa shape index (κ2) is 9.84. The van der Waals surface area contributed by atoms with E-state index in [0.717, 1.165) is 0 Å². The topological polar surface area (TPSA) is 83.0 Å². The summed E-state index contributed by atoms with van der Waals surface area (Å²) < 4.78 is 79.6. The maximum absolute atomic E-state index is 13.6. The average Bonchev–Trinajstić information content (AvgIpc) is 2.76. The number of halogens is 6. The van der Waals surface area contributed by atoms with Crippen LogP contribution in [0.2, 0.25) is 0 Å². The number of hydrogen-bond acceptors (Lipinski definition) is 6. The highest BCUT2D eigenvalue weighted by molar-refractivity contribution is 5.69. The van der Waals surface area contributed by atoms with Crippen LogP contribution in [-0.2, 0) is 12.4 Å². The first-order valence-electron chi connectivity index (χ1n) is 10.1. The van der Waals surface area contributed by atoms with Gasteiger partial charge < -0.3 is 15.7 Å². The SMILES string of the molecule is CC(C)[C@@H](CO)Nc1nc(Nc2ccc(C(F)(F)F)cc2C(F)(F)F)cc(-c2ccncc2)n1. The number of aliphatic hydroxyl groups is 1. The van der Waals surface area contributed by atoms with Gasteiger partial charge in [0.25, 0.3) is 0 Å². The minimum absolute atomic E-state index is 0.0185. The van der Waals surface area contributed by atoms with E-state index in [4.69, 9.17) is 0 Å². The van der Waals surface area contributed by atoms with Gasteiger partial charge in [0.1, 0.15) is 5.82 Å². The Morgan fingerprint density at radius 1 is 0.912 bits per heavy atom. The summed E-state index contributed by atoms with van der Waals surface area (Å²) in [5.41, 5.74) is -2.61. The van der Waals surface area contributed by atoms with Crippen LogP contribution in [0.15, 0.2) is 48.8 Å². The molecular formula is C22H21F6N5O. The second-order valence-electron chi connectivity index (χ2n) is 7.76. The molecule has 0 aliphatic heterocycles. The van der Waals surface area contributed by atoms with Crippen LogP contribution in [0.25, 0.3) is 11.3 Å². The number of anilines is 3. The van der Waals surface area contributed by atoms with Crippen molar-refractivity contribution in [3.8, 4) is 11.3 Å². The molecular weight excluding hydrogens is 464 g/mol. The maximum atomic E-state index is 13.6. The Hall–Kier alpha value is -3.41. The van der Waals surface area contributed by atoms with Crippen LogP contribution in [0.1, 0.15) is 25.0 Å². The summed E-state index contributed by atoms with van der Waals surface area (Å²) in [6, 6.07) is 5.48. The monoisotopic (exact) mass is 485 g/mol. The normalized spacial score (nSPS) is 13.1. The van der Waals surface area contributed by atoms with Crippen LogP contribution in [0, 0.1) is 5.92 Å². The van der Waals surface area contributed by atoms with E-state index in [-0.39, 0.29) is 30.4 Å². The van der Waals surface area contributed by atoms with Gasteiger partial charge in [0, 0.05) is 24.0 Å². The molecule has 0 spiro atoms. The van der Waals surface area contributed by atoms with Crippen LogP contribution in [0.5, 0.6) is 0 Å². The van der Waals surface area contributed by atoms with Gasteiger partial charge >= 0.3 is 12.4 Å². The third kappa shape index (κ3) is 6.13. The van der Waals surface area contributed by atoms with E-state index in [2.05, 4.69) is 25.6 Å². The van der Waals surface area contributed by atoms with Crippen molar-refractivity contribution in [1.82, 2.24) is 15.0 Å². The molecule has 2 heterocycles. The molecule has 3 rings (SSSR count). The Labute approximate surface area is 191 Å². The molecule has 1 atom stereocenters. The molecule has 0 saturated heterocycles. The molecule has 0 amide bonds. The van der Waals surface area contributed by atoms with Crippen molar-refractivity contribution in [2.45, 2.75) is 32.2 Å². The van der Waals surface area contributed by atoms with Crippen molar-refractivity contribution in [2.24, 2.45) is 5.92 Å². The summed E-state index contributed by atoms with van der Waals surface area (Å²) in [6.07, 6.45) is -6.99. The average molecular weight is 485 g/mol. The van der Waals surface area contributed by atoms with Crippen LogP contribution in [0.3, 0.4) is 0 Å². The smallest absolute Gasteiger partial charge is 0.394 e. The Kier molecular flexibility index (Phi) is 7.29. The molecule has 0 saturated carbocycles. The lowest BCUT2D eigenvalue weighted by molar-refractivity contribution is -0.142. The summed E-state index contributed by atoms with van der Waals surface area (Å²) in [4.78, 5) is 12.4. The standard InChI is InChI=1S/C22H21F6N5O/c1-12(2)18(11-34)32-20-31-17(13-5-7-29-8-6-13)10-19(33-20)30-16-4-3-14(21(23,24)25)9-15(16)22(26,27)28/h3-10,12,18,34H,11H2,1-2H3,(H2,30,31,32,33)/t18-/m1/s1. The number of aliphatic hydroxyl groups excluding tert-OH is 1. The van der Waals surface area contributed by atoms with E-state index in [1.54, 1.807) is 12.1 Å². The summed E-state index contributed by atoms with van der Waals surface area (Å²) in [5.74, 6) is -0.0959. The van der Waals surface area contributed by atoms with Crippen LogP contribution >= 0.6 is 0 Å². The Balaban J connectivity index is 2.08. The summed E-state index contributed by atoms with van der Waals surface area (Å²) in [5, 5.41) is 15.0. The zero-order chi connectivity index (χ0) is 25.1. The molecule has 2 aromatic heterocycles. The molecule has 0 bridgehead atoms. The molecule has 182 valence electrons. The Bertz CT molecular complexity index is 1120. The summed E-state index contributed by atoms with van der Waals surface area (Å²) in [7, 11) is 0. The molecule has 0 aliphatic rings. The Morgan fingerprint density at radius 2 is 1.59 bits per heavy atom. The first kappa shape index (κ1) is 25.2. The third-order valence-corrected chi connectivity index (χ3v) is 4.93. The minimum atomic E-state index is -5.05. The molecule has 0 unspecified atom stereocenters. The highest BCUT2D eigenvalue weighted by atomic mass is 19.4. The lowest BCUT2D eigenvalue weighted by atomic mass is 10.1. The van der Waals surface area contributed by atoms with Gasteiger partial charge in [-0.15, -0.1) is 0 Å². The molecule has 3 aromatic rings. The minimum Gasteiger partial charge on any atom is -0.394 e. The molecule has 0 fully saturated rings. The van der Waals surface area contributed by atoms with Crippen molar-refractivity contribution in [3.63, 3.8) is 0 Å². The van der Waals surface area contributed by atoms with Gasteiger partial charge in [-0.2, -0.15) is 31.3 Å². The van der Waals surface area contributed by atoms with E-state index >= 15 is 0 Å². The van der Waals surface area contributed by atoms with Gasteiger partial charge in [-0.05, 0) is 36.2 Å². The number of hydrogen-bond donors (Lipinski definition) is 3. The fraction of sp³-hybridized carbons (Fsp3) is 0.318. The predicted octanol–water partition coefficient (Wildman–Crippen LogP) is 5.75.